The Labute approximate surface area is 124 Å². The monoisotopic (exact) mass is 287 g/mol. The number of carbonyl (C=O) groups excluding carboxylic acids is 1. The molecule has 0 bridgehead atoms. The number of amides is 1. The van der Waals surface area contributed by atoms with Crippen molar-refractivity contribution in [3.63, 3.8) is 0 Å². The number of benzene rings is 1. The van der Waals surface area contributed by atoms with Crippen LogP contribution < -0.4 is 22.3 Å². The maximum absolute atomic E-state index is 11.9. The molecule has 0 aliphatic heterocycles. The summed E-state index contributed by atoms with van der Waals surface area (Å²) in [5.41, 5.74) is 2.29. The van der Waals surface area contributed by atoms with Gasteiger partial charge in [-0.3, -0.25) is 4.79 Å². The lowest BCUT2D eigenvalue weighted by atomic mass is 10.2. The molecule has 20 heavy (non-hydrogen) atoms. The standard InChI is InChI=1S/C15H13N3O.ClH/c1-12-4-2-3-9-18(12)11-15(19)17-14-7-5-13(10-16)6-8-14;/h2-9H,11H2,1H3;1H. The van der Waals surface area contributed by atoms with Crippen LogP contribution in [-0.4, -0.2) is 5.91 Å². The summed E-state index contributed by atoms with van der Waals surface area (Å²) in [5.74, 6) is -0.0935. The highest BCUT2D eigenvalue weighted by Gasteiger charge is 2.11. The highest BCUT2D eigenvalue weighted by Crippen LogP contribution is 2.08. The van der Waals surface area contributed by atoms with Crippen LogP contribution in [0.3, 0.4) is 0 Å². The van der Waals surface area contributed by atoms with Crippen molar-refractivity contribution in [1.29, 1.82) is 5.26 Å². The molecule has 0 aliphatic rings. The number of aromatic nitrogens is 1. The predicted octanol–water partition coefficient (Wildman–Crippen LogP) is -1.20. The van der Waals surface area contributed by atoms with Crippen LogP contribution in [0.2, 0.25) is 0 Å². The highest BCUT2D eigenvalue weighted by molar-refractivity contribution is 5.89. The average molecular weight is 288 g/mol. The molecule has 0 saturated carbocycles. The molecule has 1 aromatic heterocycles. The first-order valence-corrected chi connectivity index (χ1v) is 5.94. The van der Waals surface area contributed by atoms with Gasteiger partial charge in [0.15, 0.2) is 11.9 Å². The van der Waals surface area contributed by atoms with E-state index in [0.29, 0.717) is 11.3 Å². The van der Waals surface area contributed by atoms with Crippen LogP contribution in [0.4, 0.5) is 5.69 Å². The summed E-state index contributed by atoms with van der Waals surface area (Å²) < 4.78 is 1.87. The Morgan fingerprint density at radius 1 is 1.25 bits per heavy atom. The molecule has 0 atom stereocenters. The van der Waals surface area contributed by atoms with E-state index in [4.69, 9.17) is 5.26 Å². The lowest BCUT2D eigenvalue weighted by molar-refractivity contribution is -0.690. The lowest BCUT2D eigenvalue weighted by Gasteiger charge is -2.04. The number of rotatable bonds is 3. The molecule has 5 heteroatoms. The Hall–Kier alpha value is -2.38. The number of nitrogens with one attached hydrogen (secondary N) is 1. The number of hydrogen-bond acceptors (Lipinski definition) is 2. The van der Waals surface area contributed by atoms with Crippen molar-refractivity contribution in [2.75, 3.05) is 5.32 Å². The van der Waals surface area contributed by atoms with Gasteiger partial charge in [0.25, 0.3) is 5.91 Å². The van der Waals surface area contributed by atoms with Crippen LogP contribution in [0.15, 0.2) is 48.7 Å². The van der Waals surface area contributed by atoms with Crippen molar-refractivity contribution in [3.8, 4) is 6.07 Å². The molecule has 2 rings (SSSR count). The van der Waals surface area contributed by atoms with E-state index >= 15 is 0 Å². The van der Waals surface area contributed by atoms with Gasteiger partial charge in [0.05, 0.1) is 11.6 Å². The topological polar surface area (TPSA) is 56.8 Å². The maximum Gasteiger partial charge on any atom is 0.290 e. The number of carbonyl (C=O) groups is 1. The highest BCUT2D eigenvalue weighted by atomic mass is 35.5. The van der Waals surface area contributed by atoms with Crippen molar-refractivity contribution in [2.24, 2.45) is 0 Å². The van der Waals surface area contributed by atoms with Gasteiger partial charge in [0, 0.05) is 24.7 Å². The molecule has 0 unspecified atom stereocenters. The Bertz CT molecular complexity index is 632. The fourth-order valence-corrected chi connectivity index (χ4v) is 1.72. The van der Waals surface area contributed by atoms with Crippen LogP contribution in [0, 0.1) is 18.3 Å². The van der Waals surface area contributed by atoms with Gasteiger partial charge in [-0.05, 0) is 24.3 Å². The van der Waals surface area contributed by atoms with Crippen LogP contribution in [0.5, 0.6) is 0 Å². The lowest BCUT2D eigenvalue weighted by Crippen LogP contribution is -3.00. The maximum atomic E-state index is 11.9. The molecule has 1 amide bonds. The van der Waals surface area contributed by atoms with E-state index < -0.39 is 0 Å². The number of nitriles is 1. The molecule has 0 radical (unpaired) electrons. The third kappa shape index (κ3) is 4.08. The quantitative estimate of drug-likeness (QED) is 0.721. The smallest absolute Gasteiger partial charge is 0.290 e. The van der Waals surface area contributed by atoms with Gasteiger partial charge in [-0.15, -0.1) is 0 Å². The fraction of sp³-hybridized carbons (Fsp3) is 0.133. The number of nitrogens with zero attached hydrogens (tertiary/aromatic N) is 2. The van der Waals surface area contributed by atoms with Crippen LogP contribution in [0.1, 0.15) is 11.3 Å². The third-order valence-corrected chi connectivity index (χ3v) is 2.78. The van der Waals surface area contributed by atoms with Crippen LogP contribution in [-0.2, 0) is 11.3 Å². The van der Waals surface area contributed by atoms with E-state index in [2.05, 4.69) is 5.32 Å². The molecule has 4 nitrogen and oxygen atoms in total. The minimum atomic E-state index is -0.0935. The Kier molecular flexibility index (Phi) is 5.70. The summed E-state index contributed by atoms with van der Waals surface area (Å²) in [6.45, 7) is 2.22. The van der Waals surface area contributed by atoms with Crippen molar-refractivity contribution < 1.29 is 21.8 Å². The number of hydrogen-bond donors (Lipinski definition) is 1. The van der Waals surface area contributed by atoms with Crippen LogP contribution >= 0.6 is 0 Å². The molecule has 102 valence electrons. The summed E-state index contributed by atoms with van der Waals surface area (Å²) in [4.78, 5) is 11.9. The zero-order valence-electron chi connectivity index (χ0n) is 11.0. The molecule has 1 aromatic carbocycles. The van der Waals surface area contributed by atoms with Crippen molar-refractivity contribution in [1.82, 2.24) is 0 Å². The second-order valence-corrected chi connectivity index (χ2v) is 4.21. The summed E-state index contributed by atoms with van der Waals surface area (Å²) in [7, 11) is 0. The minimum absolute atomic E-state index is 0. The molecule has 0 spiro atoms. The Morgan fingerprint density at radius 2 is 1.95 bits per heavy atom. The minimum Gasteiger partial charge on any atom is -1.00 e. The molecule has 0 aliphatic carbocycles. The number of halogens is 1. The van der Waals surface area contributed by atoms with Gasteiger partial charge in [-0.25, -0.2) is 0 Å². The fourth-order valence-electron chi connectivity index (χ4n) is 1.72. The Morgan fingerprint density at radius 3 is 2.55 bits per heavy atom. The summed E-state index contributed by atoms with van der Waals surface area (Å²) in [6.07, 6.45) is 1.87. The van der Waals surface area contributed by atoms with Crippen molar-refractivity contribution in [3.05, 3.63) is 59.9 Å². The first-order chi connectivity index (χ1) is 9.19. The van der Waals surface area contributed by atoms with Gasteiger partial charge in [-0.1, -0.05) is 6.07 Å². The first kappa shape index (κ1) is 15.7. The molecular formula is C15H14ClN3O. The summed E-state index contributed by atoms with van der Waals surface area (Å²) in [5, 5.41) is 11.5. The van der Waals surface area contributed by atoms with Gasteiger partial charge in [0.2, 0.25) is 6.54 Å². The van der Waals surface area contributed by atoms with Gasteiger partial charge in [-0.2, -0.15) is 9.83 Å². The zero-order chi connectivity index (χ0) is 13.7. The molecule has 0 saturated heterocycles. The molecule has 0 fully saturated rings. The summed E-state index contributed by atoms with van der Waals surface area (Å²) in [6, 6.07) is 14.6. The van der Waals surface area contributed by atoms with E-state index in [1.165, 1.54) is 0 Å². The zero-order valence-corrected chi connectivity index (χ0v) is 11.8. The van der Waals surface area contributed by atoms with E-state index in [1.54, 1.807) is 24.3 Å². The van der Waals surface area contributed by atoms with Crippen molar-refractivity contribution >= 4 is 11.6 Å². The summed E-state index contributed by atoms with van der Waals surface area (Å²) >= 11 is 0. The molecule has 2 aromatic rings. The predicted molar refractivity (Wildman–Crippen MR) is 71.2 cm³/mol. The Balaban J connectivity index is 0.00000200. The number of pyridine rings is 1. The second kappa shape index (κ2) is 7.27. The largest absolute Gasteiger partial charge is 1.00 e. The first-order valence-electron chi connectivity index (χ1n) is 5.94. The number of aryl methyl sites for hydroxylation is 1. The molecule has 1 N–H and O–H groups in total. The van der Waals surface area contributed by atoms with Gasteiger partial charge >= 0.3 is 0 Å². The number of anilines is 1. The van der Waals surface area contributed by atoms with Crippen molar-refractivity contribution in [2.45, 2.75) is 13.5 Å². The average Bonchev–Trinajstić information content (AvgIpc) is 2.42. The van der Waals surface area contributed by atoms with E-state index in [1.807, 2.05) is 42.0 Å². The normalized spacial score (nSPS) is 9.20. The SMILES string of the molecule is Cc1cccc[n+]1CC(=O)Nc1ccc(C#N)cc1.[Cl-]. The molecular weight excluding hydrogens is 274 g/mol. The van der Waals surface area contributed by atoms with E-state index in [-0.39, 0.29) is 24.9 Å². The third-order valence-electron chi connectivity index (χ3n) is 2.78. The molecule has 1 heterocycles. The second-order valence-electron chi connectivity index (χ2n) is 4.21. The van der Waals surface area contributed by atoms with E-state index in [9.17, 15) is 4.79 Å². The van der Waals surface area contributed by atoms with Crippen LogP contribution in [0.25, 0.3) is 0 Å². The van der Waals surface area contributed by atoms with E-state index in [0.717, 1.165) is 5.69 Å². The van der Waals surface area contributed by atoms with Gasteiger partial charge in [0.1, 0.15) is 0 Å². The van der Waals surface area contributed by atoms with Gasteiger partial charge < -0.3 is 17.7 Å².